The lowest BCUT2D eigenvalue weighted by Crippen LogP contribution is -2.68. The predicted molar refractivity (Wildman–Crippen MR) is 135 cm³/mol. The van der Waals surface area contributed by atoms with Gasteiger partial charge in [-0.25, -0.2) is 9.48 Å². The van der Waals surface area contributed by atoms with Crippen molar-refractivity contribution in [2.24, 2.45) is 17.6 Å². The summed E-state index contributed by atoms with van der Waals surface area (Å²) in [4.78, 5) is 41.7. The average Bonchev–Trinajstić information content (AvgIpc) is 3.26. The number of hydrogen-bond donors (Lipinski definition) is 1. The molecule has 1 fully saturated rings. The molecule has 1 amide bonds. The monoisotopic (exact) mass is 541 g/mol. The Hall–Kier alpha value is -2.16. The summed E-state index contributed by atoms with van der Waals surface area (Å²) >= 11 is 2.88. The Balaban J connectivity index is 1.80. The summed E-state index contributed by atoms with van der Waals surface area (Å²) in [6.07, 6.45) is -0.854. The van der Waals surface area contributed by atoms with E-state index in [-0.39, 0.29) is 35.2 Å². The standard InChI is InChI=1S/C22H35N7O5S2/c1-12(2)9-15(30)33-21(13(3)4)34-20(32)17-14(10-35-19-16(23)18(31)29(17)19)11-36-22-24-25-26-28(22)8-7-27(5)6/h12-13,16,19,21H,7-11,23H2,1-6H3/t16-,19-,21?/m1/s1. The largest absolute Gasteiger partial charge is 0.425 e. The molecule has 12 nitrogen and oxygen atoms in total. The second kappa shape index (κ2) is 12.4. The number of nitrogens with two attached hydrogens (primary N) is 1. The van der Waals surface area contributed by atoms with Crippen LogP contribution < -0.4 is 5.73 Å². The first-order valence-corrected chi connectivity index (χ1v) is 13.9. The maximum absolute atomic E-state index is 13.4. The second-order valence-electron chi connectivity index (χ2n) is 9.77. The van der Waals surface area contributed by atoms with Gasteiger partial charge in [0.15, 0.2) is 0 Å². The van der Waals surface area contributed by atoms with Crippen LogP contribution in [0.3, 0.4) is 0 Å². The van der Waals surface area contributed by atoms with Crippen molar-refractivity contribution in [1.82, 2.24) is 30.0 Å². The zero-order valence-electron chi connectivity index (χ0n) is 21.5. The summed E-state index contributed by atoms with van der Waals surface area (Å²) in [6.45, 7) is 8.78. The summed E-state index contributed by atoms with van der Waals surface area (Å²) < 4.78 is 12.8. The molecular formula is C22H35N7O5S2. The molecule has 1 unspecified atom stereocenters. The number of esters is 2. The van der Waals surface area contributed by atoms with Crippen molar-refractivity contribution < 1.29 is 23.9 Å². The molecule has 0 bridgehead atoms. The van der Waals surface area contributed by atoms with Crippen LogP contribution in [0.2, 0.25) is 0 Å². The van der Waals surface area contributed by atoms with Crippen LogP contribution in [-0.4, -0.2) is 97.7 Å². The second-order valence-corrected chi connectivity index (χ2v) is 11.8. The van der Waals surface area contributed by atoms with Gasteiger partial charge in [0.25, 0.3) is 0 Å². The fraction of sp³-hybridized carbons (Fsp3) is 0.727. The van der Waals surface area contributed by atoms with Gasteiger partial charge < -0.3 is 20.1 Å². The van der Waals surface area contributed by atoms with Crippen LogP contribution in [0.15, 0.2) is 16.4 Å². The van der Waals surface area contributed by atoms with Gasteiger partial charge in [0.05, 0.1) is 6.54 Å². The summed E-state index contributed by atoms with van der Waals surface area (Å²) in [7, 11) is 3.93. The molecule has 2 aliphatic heterocycles. The molecule has 2 N–H and O–H groups in total. The zero-order valence-corrected chi connectivity index (χ0v) is 23.2. The minimum absolute atomic E-state index is 0.109. The van der Waals surface area contributed by atoms with E-state index in [9.17, 15) is 14.4 Å². The number of amides is 1. The van der Waals surface area contributed by atoms with Crippen molar-refractivity contribution in [3.05, 3.63) is 11.3 Å². The van der Waals surface area contributed by atoms with E-state index in [1.165, 1.54) is 28.4 Å². The Morgan fingerprint density at radius 1 is 1.25 bits per heavy atom. The van der Waals surface area contributed by atoms with Crippen molar-refractivity contribution in [2.45, 2.75) is 63.5 Å². The molecule has 3 heterocycles. The lowest BCUT2D eigenvalue weighted by molar-refractivity contribution is -0.195. The fourth-order valence-electron chi connectivity index (χ4n) is 3.53. The Morgan fingerprint density at radius 2 is 1.97 bits per heavy atom. The molecular weight excluding hydrogens is 506 g/mol. The van der Waals surface area contributed by atoms with Gasteiger partial charge in [0.2, 0.25) is 17.4 Å². The van der Waals surface area contributed by atoms with Crippen LogP contribution in [0, 0.1) is 11.8 Å². The van der Waals surface area contributed by atoms with E-state index in [1.54, 1.807) is 18.5 Å². The van der Waals surface area contributed by atoms with Gasteiger partial charge in [-0.2, -0.15) is 0 Å². The number of fused-ring (bicyclic) bond motifs is 1. The van der Waals surface area contributed by atoms with Gasteiger partial charge in [0, 0.05) is 30.4 Å². The van der Waals surface area contributed by atoms with Crippen LogP contribution in [0.25, 0.3) is 0 Å². The molecule has 200 valence electrons. The molecule has 3 atom stereocenters. The number of carbonyl (C=O) groups excluding carboxylic acids is 3. The van der Waals surface area contributed by atoms with E-state index in [2.05, 4.69) is 15.5 Å². The van der Waals surface area contributed by atoms with Gasteiger partial charge in [-0.1, -0.05) is 39.5 Å². The van der Waals surface area contributed by atoms with Crippen LogP contribution in [0.4, 0.5) is 0 Å². The third kappa shape index (κ3) is 6.78. The Morgan fingerprint density at radius 3 is 2.61 bits per heavy atom. The normalized spacial score (nSPS) is 20.6. The van der Waals surface area contributed by atoms with Crippen molar-refractivity contribution in [3.63, 3.8) is 0 Å². The predicted octanol–water partition coefficient (Wildman–Crippen LogP) is 0.938. The minimum Gasteiger partial charge on any atom is -0.425 e. The number of β-lactam (4-membered cyclic amide) rings is 1. The number of ether oxygens (including phenoxy) is 2. The highest BCUT2D eigenvalue weighted by Crippen LogP contribution is 2.41. The smallest absolute Gasteiger partial charge is 0.358 e. The third-order valence-corrected chi connectivity index (χ3v) is 7.91. The molecule has 0 radical (unpaired) electrons. The van der Waals surface area contributed by atoms with E-state index in [1.807, 2.05) is 32.8 Å². The average molecular weight is 542 g/mol. The number of aromatic nitrogens is 4. The Bertz CT molecular complexity index is 997. The van der Waals surface area contributed by atoms with E-state index < -0.39 is 24.3 Å². The SMILES string of the molecule is CC(C)CC(=O)OC(OC(=O)C1=C(CSc2nnnn2CCN(C)C)CS[C@@H]2[C@H](N)C(=O)N12)C(C)C. The summed E-state index contributed by atoms with van der Waals surface area (Å²) in [5, 5.41) is 12.2. The first kappa shape index (κ1) is 28.4. The summed E-state index contributed by atoms with van der Waals surface area (Å²) in [5.41, 5.74) is 6.86. The molecule has 14 heteroatoms. The van der Waals surface area contributed by atoms with Crippen LogP contribution in [0.1, 0.15) is 34.1 Å². The van der Waals surface area contributed by atoms with E-state index in [4.69, 9.17) is 15.2 Å². The van der Waals surface area contributed by atoms with Gasteiger partial charge in [0.1, 0.15) is 17.1 Å². The molecule has 1 aromatic rings. The molecule has 0 aromatic carbocycles. The summed E-state index contributed by atoms with van der Waals surface area (Å²) in [5.74, 6) is -0.769. The van der Waals surface area contributed by atoms with E-state index in [0.717, 1.165) is 6.54 Å². The number of nitrogens with zero attached hydrogens (tertiary/aromatic N) is 6. The van der Waals surface area contributed by atoms with Crippen LogP contribution >= 0.6 is 23.5 Å². The molecule has 0 spiro atoms. The van der Waals surface area contributed by atoms with Crippen LogP contribution in [-0.2, 0) is 30.4 Å². The molecule has 0 aliphatic carbocycles. The number of likely N-dealkylation sites (N-methyl/N-ethyl adjacent to an activating group) is 1. The van der Waals surface area contributed by atoms with E-state index >= 15 is 0 Å². The number of tetrazole rings is 1. The summed E-state index contributed by atoms with van der Waals surface area (Å²) in [6, 6.07) is -0.671. The van der Waals surface area contributed by atoms with Crippen LogP contribution in [0.5, 0.6) is 0 Å². The van der Waals surface area contributed by atoms with Crippen molar-refractivity contribution in [2.75, 3.05) is 32.1 Å². The molecule has 0 saturated carbocycles. The third-order valence-electron chi connectivity index (χ3n) is 5.51. The Kier molecular flexibility index (Phi) is 9.78. The topological polar surface area (TPSA) is 146 Å². The van der Waals surface area contributed by atoms with Gasteiger partial charge in [-0.3, -0.25) is 14.5 Å². The molecule has 2 aliphatic rings. The maximum atomic E-state index is 13.4. The number of rotatable bonds is 12. The highest BCUT2D eigenvalue weighted by Gasteiger charge is 2.52. The van der Waals surface area contributed by atoms with E-state index in [0.29, 0.717) is 28.8 Å². The van der Waals surface area contributed by atoms with Crippen molar-refractivity contribution >= 4 is 41.4 Å². The minimum atomic E-state index is -1.07. The maximum Gasteiger partial charge on any atom is 0.358 e. The lowest BCUT2D eigenvalue weighted by Gasteiger charge is -2.48. The highest BCUT2D eigenvalue weighted by molar-refractivity contribution is 8.01. The Labute approximate surface area is 219 Å². The first-order valence-electron chi connectivity index (χ1n) is 11.9. The van der Waals surface area contributed by atoms with Gasteiger partial charge in [-0.15, -0.1) is 16.9 Å². The first-order chi connectivity index (χ1) is 17.0. The fourth-order valence-corrected chi connectivity index (χ4v) is 5.87. The van der Waals surface area contributed by atoms with Crippen molar-refractivity contribution in [3.8, 4) is 0 Å². The lowest BCUT2D eigenvalue weighted by atomic mass is 10.0. The quantitative estimate of drug-likeness (QED) is 0.174. The number of carbonyl (C=O) groups is 3. The van der Waals surface area contributed by atoms with Crippen molar-refractivity contribution in [1.29, 1.82) is 0 Å². The highest BCUT2D eigenvalue weighted by atomic mass is 32.2. The molecule has 1 saturated heterocycles. The van der Waals surface area contributed by atoms with Gasteiger partial charge >= 0.3 is 11.9 Å². The van der Waals surface area contributed by atoms with Gasteiger partial charge in [-0.05, 0) is 36.0 Å². The molecule has 1 aromatic heterocycles. The molecule has 36 heavy (non-hydrogen) atoms. The number of hydrogen-bond acceptors (Lipinski definition) is 12. The molecule has 3 rings (SSSR count). The zero-order chi connectivity index (χ0) is 26.6. The number of thioether (sulfide) groups is 2.